The molecule has 0 fully saturated rings. The fourth-order valence-corrected chi connectivity index (χ4v) is 7.24. The van der Waals surface area contributed by atoms with Crippen LogP contribution in [0.1, 0.15) is 11.4 Å². The summed E-state index contributed by atoms with van der Waals surface area (Å²) in [5, 5.41) is 7.44. The summed E-state index contributed by atoms with van der Waals surface area (Å²) < 4.78 is 61.7. The van der Waals surface area contributed by atoms with Gasteiger partial charge in [-0.2, -0.15) is 0 Å². The molecular formula is C28H23N5O5S3. The molecule has 208 valence electrons. The Bertz CT molecular complexity index is 2010. The predicted octanol–water partition coefficient (Wildman–Crippen LogP) is 5.26. The van der Waals surface area contributed by atoms with E-state index in [0.717, 1.165) is 10.9 Å². The first-order valence-corrected chi connectivity index (χ1v) is 16.5. The molecule has 0 atom stereocenters. The number of thiazole rings is 1. The Morgan fingerprint density at radius 3 is 2.37 bits per heavy atom. The number of furan rings is 1. The van der Waals surface area contributed by atoms with Crippen LogP contribution in [0.25, 0.3) is 28.2 Å². The van der Waals surface area contributed by atoms with Crippen LogP contribution in [0.3, 0.4) is 0 Å². The number of anilines is 1. The van der Waals surface area contributed by atoms with Crippen LogP contribution in [-0.4, -0.2) is 42.3 Å². The van der Waals surface area contributed by atoms with Crippen molar-refractivity contribution in [3.8, 4) is 17.3 Å². The lowest BCUT2D eigenvalue weighted by atomic mass is 10.2. The molecule has 6 aromatic rings. The van der Waals surface area contributed by atoms with Gasteiger partial charge < -0.3 is 4.42 Å². The number of benzene rings is 3. The molecule has 13 heteroatoms. The monoisotopic (exact) mass is 605 g/mol. The van der Waals surface area contributed by atoms with Gasteiger partial charge in [-0.05, 0) is 55.5 Å². The molecule has 3 aromatic carbocycles. The molecule has 0 saturated carbocycles. The lowest BCUT2D eigenvalue weighted by molar-refractivity contribution is 0.593. The summed E-state index contributed by atoms with van der Waals surface area (Å²) in [4.78, 5) is 8.88. The van der Waals surface area contributed by atoms with Crippen LogP contribution in [0, 0.1) is 6.92 Å². The number of sulfone groups is 1. The molecule has 41 heavy (non-hydrogen) atoms. The molecular weight excluding hydrogens is 583 g/mol. The van der Waals surface area contributed by atoms with Gasteiger partial charge >= 0.3 is 0 Å². The van der Waals surface area contributed by atoms with E-state index < -0.39 is 19.9 Å². The number of nitrogens with zero attached hydrogens (tertiary/aromatic N) is 4. The van der Waals surface area contributed by atoms with E-state index >= 15 is 0 Å². The molecule has 0 bridgehead atoms. The lowest BCUT2D eigenvalue weighted by Crippen LogP contribution is -2.14. The topological polar surface area (TPSA) is 137 Å². The van der Waals surface area contributed by atoms with Gasteiger partial charge in [-0.1, -0.05) is 35.9 Å². The largest absolute Gasteiger partial charge is 0.453 e. The first-order valence-electron chi connectivity index (χ1n) is 12.4. The van der Waals surface area contributed by atoms with E-state index in [9.17, 15) is 16.8 Å². The molecule has 0 aliphatic rings. The second-order valence-corrected chi connectivity index (χ2v) is 13.9. The molecule has 6 rings (SSSR count). The number of hydrogen-bond acceptors (Lipinski definition) is 9. The Kier molecular flexibility index (Phi) is 6.93. The van der Waals surface area contributed by atoms with Crippen molar-refractivity contribution in [2.75, 3.05) is 10.5 Å². The van der Waals surface area contributed by atoms with Gasteiger partial charge in [0.05, 0.1) is 21.2 Å². The highest BCUT2D eigenvalue weighted by atomic mass is 32.2. The Hall–Kier alpha value is -4.33. The molecule has 0 unspecified atom stereocenters. The van der Waals surface area contributed by atoms with Crippen molar-refractivity contribution in [2.24, 2.45) is 0 Å². The molecule has 1 N–H and O–H groups in total. The number of sulfonamides is 1. The van der Waals surface area contributed by atoms with Crippen LogP contribution in [0.2, 0.25) is 0 Å². The predicted molar refractivity (Wildman–Crippen MR) is 156 cm³/mol. The highest BCUT2D eigenvalue weighted by molar-refractivity contribution is 7.93. The Morgan fingerprint density at radius 1 is 0.927 bits per heavy atom. The number of rotatable bonds is 9. The third-order valence-electron chi connectivity index (χ3n) is 6.34. The molecule has 3 heterocycles. The maximum absolute atomic E-state index is 13.1. The van der Waals surface area contributed by atoms with Gasteiger partial charge in [0, 0.05) is 23.4 Å². The second kappa shape index (κ2) is 10.6. The lowest BCUT2D eigenvalue weighted by Gasteiger charge is -2.09. The zero-order chi connectivity index (χ0) is 28.6. The molecule has 0 amide bonds. The van der Waals surface area contributed by atoms with Crippen LogP contribution in [-0.2, 0) is 26.3 Å². The third-order valence-corrected chi connectivity index (χ3v) is 10.2. The first kappa shape index (κ1) is 26.9. The summed E-state index contributed by atoms with van der Waals surface area (Å²) in [6, 6.07) is 22.1. The first-order chi connectivity index (χ1) is 19.7. The van der Waals surface area contributed by atoms with Crippen molar-refractivity contribution in [1.29, 1.82) is 0 Å². The molecule has 0 aliphatic carbocycles. The highest BCUT2D eigenvalue weighted by Crippen LogP contribution is 2.27. The van der Waals surface area contributed by atoms with Crippen molar-refractivity contribution >= 4 is 47.3 Å². The summed E-state index contributed by atoms with van der Waals surface area (Å²) in [6.07, 6.45) is 1.57. The molecule has 3 aromatic heterocycles. The van der Waals surface area contributed by atoms with Crippen molar-refractivity contribution in [3.63, 3.8) is 0 Å². The molecule has 0 spiro atoms. The van der Waals surface area contributed by atoms with Crippen molar-refractivity contribution in [2.45, 2.75) is 23.1 Å². The zero-order valence-corrected chi connectivity index (χ0v) is 24.1. The molecule has 0 aliphatic heterocycles. The van der Waals surface area contributed by atoms with Gasteiger partial charge in [0.15, 0.2) is 20.7 Å². The van der Waals surface area contributed by atoms with Crippen LogP contribution >= 0.6 is 11.3 Å². The smallest absolute Gasteiger partial charge is 0.263 e. The zero-order valence-electron chi connectivity index (χ0n) is 21.6. The average molecular weight is 606 g/mol. The highest BCUT2D eigenvalue weighted by Gasteiger charge is 2.22. The molecule has 0 saturated heterocycles. The average Bonchev–Trinajstić information content (AvgIpc) is 3.72. The van der Waals surface area contributed by atoms with E-state index in [2.05, 4.69) is 19.8 Å². The van der Waals surface area contributed by atoms with Crippen molar-refractivity contribution in [3.05, 3.63) is 102 Å². The van der Waals surface area contributed by atoms with E-state index in [0.29, 0.717) is 22.9 Å². The molecule has 0 radical (unpaired) electrons. The van der Waals surface area contributed by atoms with Gasteiger partial charge in [0.2, 0.25) is 5.82 Å². The Labute approximate surface area is 240 Å². The maximum Gasteiger partial charge on any atom is 0.263 e. The SMILES string of the molecule is Cc1ccc(S(=O)(=O)CCc2nc(-c3cc4ccccc4o3)nn2-c2ccc(S(=O)(=O)Nc3nccs3)cc2)cc1. The fourth-order valence-electron chi connectivity index (χ4n) is 4.21. The summed E-state index contributed by atoms with van der Waals surface area (Å²) >= 11 is 1.17. The van der Waals surface area contributed by atoms with Crippen LogP contribution < -0.4 is 4.72 Å². The normalized spacial score (nSPS) is 12.1. The number of aryl methyl sites for hydroxylation is 2. The van der Waals surface area contributed by atoms with Crippen LogP contribution in [0.15, 0.2) is 105 Å². The third kappa shape index (κ3) is 5.64. The van der Waals surface area contributed by atoms with Gasteiger partial charge in [0.25, 0.3) is 10.0 Å². The Balaban J connectivity index is 1.34. The summed E-state index contributed by atoms with van der Waals surface area (Å²) in [5.74, 6) is 0.900. The van der Waals surface area contributed by atoms with E-state index in [-0.39, 0.29) is 32.9 Å². The minimum atomic E-state index is -3.85. The van der Waals surface area contributed by atoms with Crippen molar-refractivity contribution in [1.82, 2.24) is 19.7 Å². The summed E-state index contributed by atoms with van der Waals surface area (Å²) in [5.41, 5.74) is 2.15. The Morgan fingerprint density at radius 2 is 1.66 bits per heavy atom. The van der Waals surface area contributed by atoms with Crippen LogP contribution in [0.4, 0.5) is 5.13 Å². The molecule has 10 nitrogen and oxygen atoms in total. The van der Waals surface area contributed by atoms with E-state index in [4.69, 9.17) is 4.42 Å². The number of para-hydroxylation sites is 1. The van der Waals surface area contributed by atoms with Gasteiger partial charge in [-0.25, -0.2) is 31.5 Å². The van der Waals surface area contributed by atoms with Crippen molar-refractivity contribution < 1.29 is 21.3 Å². The fraction of sp³-hybridized carbons (Fsp3) is 0.107. The van der Waals surface area contributed by atoms with E-state index in [1.807, 2.05) is 37.3 Å². The second-order valence-electron chi connectivity index (χ2n) is 9.23. The minimum Gasteiger partial charge on any atom is -0.453 e. The number of aromatic nitrogens is 4. The van der Waals surface area contributed by atoms with E-state index in [1.165, 1.54) is 34.3 Å². The van der Waals surface area contributed by atoms with Gasteiger partial charge in [-0.3, -0.25) is 4.72 Å². The number of nitrogens with one attached hydrogen (secondary N) is 1. The number of fused-ring (bicyclic) bond motifs is 1. The number of hydrogen-bond donors (Lipinski definition) is 1. The van der Waals surface area contributed by atoms with Crippen LogP contribution in [0.5, 0.6) is 0 Å². The summed E-state index contributed by atoms with van der Waals surface area (Å²) in [7, 11) is -7.45. The standard InChI is InChI=1S/C28H23N5O5S3/c1-19-6-10-22(11-7-19)40(34,35)17-14-26-30-27(25-18-20-4-2-3-5-24(20)38-25)31-33(26)21-8-12-23(13-9-21)41(36,37)32-28-29-15-16-39-28/h2-13,15-16,18H,14,17H2,1H3,(H,29,32). The summed E-state index contributed by atoms with van der Waals surface area (Å²) in [6.45, 7) is 1.89. The van der Waals surface area contributed by atoms with Gasteiger partial charge in [-0.15, -0.1) is 16.4 Å². The maximum atomic E-state index is 13.1. The minimum absolute atomic E-state index is 0.0394. The quantitative estimate of drug-likeness (QED) is 0.236. The van der Waals surface area contributed by atoms with E-state index in [1.54, 1.807) is 41.8 Å². The van der Waals surface area contributed by atoms with Gasteiger partial charge in [0.1, 0.15) is 11.4 Å².